The minimum atomic E-state index is -0.851. The van der Waals surface area contributed by atoms with E-state index in [4.69, 9.17) is 4.74 Å². The number of aliphatic hydroxyl groups is 1. The summed E-state index contributed by atoms with van der Waals surface area (Å²) in [6.07, 6.45) is 2.27. The molecule has 4 N–H and O–H groups in total. The molecular weight excluding hydrogens is 410 g/mol. The van der Waals surface area contributed by atoms with E-state index in [1.54, 1.807) is 6.07 Å². The molecule has 1 amide bonds. The first-order chi connectivity index (χ1) is 15.5. The number of hydrogen-bond acceptors (Lipinski definition) is 8. The minimum Gasteiger partial charge on any atom is -0.506 e. The number of benzene rings is 2. The van der Waals surface area contributed by atoms with E-state index in [0.717, 1.165) is 18.4 Å². The van der Waals surface area contributed by atoms with Gasteiger partial charge in [-0.25, -0.2) is 4.99 Å². The predicted molar refractivity (Wildman–Crippen MR) is 120 cm³/mol. The van der Waals surface area contributed by atoms with Crippen molar-refractivity contribution in [2.45, 2.75) is 31.5 Å². The third-order valence-corrected chi connectivity index (χ3v) is 5.74. The molecule has 2 aromatic rings. The second-order valence-corrected chi connectivity index (χ2v) is 8.18. The van der Waals surface area contributed by atoms with Gasteiger partial charge in [-0.2, -0.15) is 5.11 Å². The van der Waals surface area contributed by atoms with Crippen LogP contribution in [0.15, 0.2) is 57.7 Å². The van der Waals surface area contributed by atoms with Gasteiger partial charge in [0.15, 0.2) is 18.0 Å². The Balaban J connectivity index is 1.30. The maximum absolute atomic E-state index is 11.5. The summed E-state index contributed by atoms with van der Waals surface area (Å²) in [6.45, 7) is 2.99. The summed E-state index contributed by atoms with van der Waals surface area (Å²) < 4.78 is 5.45. The lowest BCUT2D eigenvalue weighted by atomic mass is 9.92. The molecule has 0 aliphatic carbocycles. The second kappa shape index (κ2) is 9.46. The van der Waals surface area contributed by atoms with Crippen LogP contribution in [0, 0.1) is 5.92 Å². The van der Waals surface area contributed by atoms with E-state index in [1.165, 1.54) is 12.4 Å². The summed E-state index contributed by atoms with van der Waals surface area (Å²) in [5.74, 6) is 0.190. The van der Waals surface area contributed by atoms with Crippen LogP contribution in [-0.2, 0) is 10.5 Å². The van der Waals surface area contributed by atoms with Gasteiger partial charge in [0, 0.05) is 17.7 Å². The van der Waals surface area contributed by atoms with Gasteiger partial charge in [-0.15, -0.1) is 5.11 Å². The molecule has 9 heteroatoms. The van der Waals surface area contributed by atoms with Crippen LogP contribution in [0.2, 0.25) is 0 Å². The molecule has 0 spiro atoms. The van der Waals surface area contributed by atoms with Gasteiger partial charge < -0.3 is 25.6 Å². The number of carbonyl (C=O) groups is 1. The zero-order valence-corrected chi connectivity index (χ0v) is 17.9. The second-order valence-electron chi connectivity index (χ2n) is 8.18. The number of aliphatic imine (C=N–C) groups is 1. The molecule has 2 aliphatic rings. The van der Waals surface area contributed by atoms with Crippen molar-refractivity contribution >= 4 is 17.9 Å². The third-order valence-electron chi connectivity index (χ3n) is 5.74. The van der Waals surface area contributed by atoms with Gasteiger partial charge in [-0.1, -0.05) is 37.3 Å². The quantitative estimate of drug-likeness (QED) is 0.448. The lowest BCUT2D eigenvalue weighted by Crippen LogP contribution is -2.29. The Labute approximate surface area is 186 Å². The summed E-state index contributed by atoms with van der Waals surface area (Å²) in [4.78, 5) is 16.1. The van der Waals surface area contributed by atoms with E-state index in [1.807, 2.05) is 30.3 Å². The van der Waals surface area contributed by atoms with E-state index in [9.17, 15) is 15.0 Å². The number of ether oxygens (including phenoxy) is 1. The van der Waals surface area contributed by atoms with Crippen molar-refractivity contribution in [2.24, 2.45) is 21.1 Å². The van der Waals surface area contributed by atoms with E-state index in [2.05, 4.69) is 32.8 Å². The molecule has 9 nitrogen and oxygen atoms in total. The van der Waals surface area contributed by atoms with Gasteiger partial charge in [0.05, 0.1) is 6.10 Å². The Kier molecular flexibility index (Phi) is 6.48. The summed E-state index contributed by atoms with van der Waals surface area (Å²) in [5.41, 5.74) is 1.09. The highest BCUT2D eigenvalue weighted by molar-refractivity contribution is 5.97. The van der Waals surface area contributed by atoms with Crippen LogP contribution in [0.1, 0.15) is 37.0 Å². The highest BCUT2D eigenvalue weighted by atomic mass is 16.5. The number of rotatable bonds is 9. The van der Waals surface area contributed by atoms with Crippen LogP contribution >= 0.6 is 0 Å². The Hall–Kier alpha value is -3.30. The van der Waals surface area contributed by atoms with E-state index in [-0.39, 0.29) is 24.0 Å². The molecule has 3 unspecified atom stereocenters. The Morgan fingerprint density at radius 1 is 1.22 bits per heavy atom. The van der Waals surface area contributed by atoms with Gasteiger partial charge in [0.25, 0.3) is 5.91 Å². The predicted octanol–water partition coefficient (Wildman–Crippen LogP) is 3.11. The largest absolute Gasteiger partial charge is 0.506 e. The number of phenols is 1. The lowest BCUT2D eigenvalue weighted by molar-refractivity contribution is -0.118. The van der Waals surface area contributed by atoms with Crippen LogP contribution < -0.4 is 15.4 Å². The van der Waals surface area contributed by atoms with Crippen LogP contribution in [0.25, 0.3) is 0 Å². The number of hydrogen-bond donors (Lipinski definition) is 4. The summed E-state index contributed by atoms with van der Waals surface area (Å²) >= 11 is 0. The van der Waals surface area contributed by atoms with Crippen molar-refractivity contribution in [3.63, 3.8) is 0 Å². The normalized spacial score (nSPS) is 21.0. The summed E-state index contributed by atoms with van der Waals surface area (Å²) in [5, 5.41) is 34.9. The first-order valence-corrected chi connectivity index (χ1v) is 10.7. The van der Waals surface area contributed by atoms with Gasteiger partial charge in [0.2, 0.25) is 0 Å². The molecule has 0 fully saturated rings. The first kappa shape index (κ1) is 21.9. The topological polar surface area (TPSA) is 128 Å². The molecule has 0 aromatic heterocycles. The SMILES string of the molecule is CC(CCC1(c2ccccc2)N=CN=N1)CNCC(O)c1ccc(O)c2c1OCC(=O)N2. The molecule has 2 aliphatic heterocycles. The number of anilines is 1. The van der Waals surface area contributed by atoms with Crippen LogP contribution in [0.4, 0.5) is 5.69 Å². The molecule has 3 atom stereocenters. The maximum Gasteiger partial charge on any atom is 0.262 e. The van der Waals surface area contributed by atoms with E-state index < -0.39 is 11.8 Å². The van der Waals surface area contributed by atoms with Crippen molar-refractivity contribution in [1.29, 1.82) is 0 Å². The Bertz CT molecular complexity index is 1010. The number of nitrogens with one attached hydrogen (secondary N) is 2. The van der Waals surface area contributed by atoms with E-state index in [0.29, 0.717) is 30.3 Å². The monoisotopic (exact) mass is 437 g/mol. The van der Waals surface area contributed by atoms with Crippen LogP contribution in [0.5, 0.6) is 11.5 Å². The number of azo groups is 1. The standard InChI is InChI=1S/C23H27N5O4/c1-15(9-10-23(25-14-26-28-23)16-5-3-2-4-6-16)11-24-12-19(30)17-7-8-18(29)21-22(17)32-13-20(31)27-21/h2-8,14-15,19,24,29-30H,9-13H2,1H3,(H,27,31). The minimum absolute atomic E-state index is 0.0929. The van der Waals surface area contributed by atoms with Gasteiger partial charge in [-0.05, 0) is 37.4 Å². The van der Waals surface area contributed by atoms with Gasteiger partial charge in [-0.3, -0.25) is 4.79 Å². The van der Waals surface area contributed by atoms with Crippen LogP contribution in [0.3, 0.4) is 0 Å². The fourth-order valence-electron chi connectivity index (χ4n) is 3.93. The molecule has 168 valence electrons. The van der Waals surface area contributed by atoms with Crippen molar-refractivity contribution in [1.82, 2.24) is 5.32 Å². The smallest absolute Gasteiger partial charge is 0.262 e. The zero-order valence-electron chi connectivity index (χ0n) is 17.9. The third kappa shape index (κ3) is 4.63. The molecule has 0 radical (unpaired) electrons. The number of amides is 1. The summed E-state index contributed by atoms with van der Waals surface area (Å²) in [7, 11) is 0. The number of phenolic OH excluding ortho intramolecular Hbond substituents is 1. The number of carbonyl (C=O) groups excluding carboxylic acids is 1. The average Bonchev–Trinajstić information content (AvgIpc) is 3.29. The Morgan fingerprint density at radius 3 is 2.78 bits per heavy atom. The molecule has 0 bridgehead atoms. The number of nitrogens with zero attached hydrogens (tertiary/aromatic N) is 3. The molecule has 2 aromatic carbocycles. The zero-order chi connectivity index (χ0) is 22.6. The fourth-order valence-corrected chi connectivity index (χ4v) is 3.93. The van der Waals surface area contributed by atoms with Crippen molar-refractivity contribution in [2.75, 3.05) is 25.0 Å². The highest BCUT2D eigenvalue weighted by Gasteiger charge is 2.33. The van der Waals surface area contributed by atoms with Crippen molar-refractivity contribution in [3.8, 4) is 11.5 Å². The van der Waals surface area contributed by atoms with Crippen LogP contribution in [-0.4, -0.2) is 42.2 Å². The maximum atomic E-state index is 11.5. The fraction of sp³-hybridized carbons (Fsp3) is 0.391. The van der Waals surface area contributed by atoms with Gasteiger partial charge >= 0.3 is 0 Å². The van der Waals surface area contributed by atoms with Crippen molar-refractivity contribution < 1.29 is 19.7 Å². The molecule has 2 heterocycles. The van der Waals surface area contributed by atoms with Gasteiger partial charge in [0.1, 0.15) is 17.8 Å². The summed E-state index contributed by atoms with van der Waals surface area (Å²) in [6, 6.07) is 13.0. The molecule has 32 heavy (non-hydrogen) atoms. The molecular formula is C23H27N5O4. The highest BCUT2D eigenvalue weighted by Crippen LogP contribution is 2.41. The van der Waals surface area contributed by atoms with E-state index >= 15 is 0 Å². The molecule has 0 saturated heterocycles. The number of aromatic hydroxyl groups is 1. The number of fused-ring (bicyclic) bond motifs is 1. The van der Waals surface area contributed by atoms with Crippen molar-refractivity contribution in [3.05, 3.63) is 53.6 Å². The molecule has 4 rings (SSSR count). The average molecular weight is 438 g/mol. The lowest BCUT2D eigenvalue weighted by Gasteiger charge is -2.25. The first-order valence-electron chi connectivity index (χ1n) is 10.7. The number of aliphatic hydroxyl groups excluding tert-OH is 1. The molecule has 0 saturated carbocycles. The Morgan fingerprint density at radius 2 is 2.03 bits per heavy atom.